The quantitative estimate of drug-likeness (QED) is 0.268. The van der Waals surface area contributed by atoms with Gasteiger partial charge in [-0.05, 0) is 0 Å². The Morgan fingerprint density at radius 3 is 2.00 bits per heavy atom. The molecule has 12 heavy (non-hydrogen) atoms. The molecule has 0 saturated carbocycles. The molecule has 6 nitrogen and oxygen atoms in total. The second-order valence-electron chi connectivity index (χ2n) is 2.76. The van der Waals surface area contributed by atoms with Gasteiger partial charge in [-0.15, -0.1) is 0 Å². The number of hydrogen-bond donors (Lipinski definition) is 5. The molecular weight excluding hydrogens is 168 g/mol. The Morgan fingerprint density at radius 2 is 1.42 bits per heavy atom. The van der Waals surface area contributed by atoms with Crippen molar-refractivity contribution in [2.45, 2.75) is 30.7 Å². The van der Waals surface area contributed by atoms with E-state index in [0.29, 0.717) is 0 Å². The third-order valence-corrected chi connectivity index (χ3v) is 1.82. The summed E-state index contributed by atoms with van der Waals surface area (Å²) in [6.45, 7) is -0.323. The molecule has 1 aliphatic rings. The van der Waals surface area contributed by atoms with E-state index in [1.165, 1.54) is 0 Å². The van der Waals surface area contributed by atoms with Gasteiger partial charge in [-0.25, -0.2) is 0 Å². The van der Waals surface area contributed by atoms with E-state index in [0.717, 1.165) is 0 Å². The first kappa shape index (κ1) is 9.85. The third-order valence-electron chi connectivity index (χ3n) is 1.82. The predicted octanol–water partition coefficient (Wildman–Crippen LogP) is -3.22. The van der Waals surface area contributed by atoms with Gasteiger partial charge in [0.15, 0.2) is 6.29 Å². The molecule has 0 amide bonds. The summed E-state index contributed by atoms with van der Waals surface area (Å²) < 4.78 is 4.50. The summed E-state index contributed by atoms with van der Waals surface area (Å²) in [5.41, 5.74) is 0. The van der Waals surface area contributed by atoms with Crippen LogP contribution in [0.4, 0.5) is 0 Å². The van der Waals surface area contributed by atoms with Crippen LogP contribution in [0.3, 0.4) is 0 Å². The molecule has 0 aromatic heterocycles. The molecule has 5 atom stereocenters. The first-order valence-electron chi connectivity index (χ1n) is 3.56. The number of hydrogen-bond acceptors (Lipinski definition) is 6. The highest BCUT2D eigenvalue weighted by molar-refractivity contribution is 4.85. The highest BCUT2D eigenvalue weighted by Crippen LogP contribution is 2.14. The van der Waals surface area contributed by atoms with Crippen molar-refractivity contribution < 1.29 is 30.3 Å². The van der Waals surface area contributed by atoms with E-state index in [1.807, 2.05) is 0 Å². The summed E-state index contributed by atoms with van der Waals surface area (Å²) in [5.74, 6) is 0. The normalized spacial score (nSPS) is 50.2. The predicted molar refractivity (Wildman–Crippen MR) is 36.0 cm³/mol. The average molecular weight is 180 g/mol. The maximum Gasteiger partial charge on any atom is 0.183 e. The molecule has 1 fully saturated rings. The first-order valence-corrected chi connectivity index (χ1v) is 3.56. The van der Waals surface area contributed by atoms with Crippen molar-refractivity contribution in [1.29, 1.82) is 0 Å². The Labute approximate surface area is 68.6 Å². The van der Waals surface area contributed by atoms with Gasteiger partial charge < -0.3 is 30.3 Å². The Hall–Kier alpha value is -0.240. The van der Waals surface area contributed by atoms with Crippen molar-refractivity contribution in [2.75, 3.05) is 6.61 Å². The minimum atomic E-state index is -1.60. The molecule has 6 heteroatoms. The minimum Gasteiger partial charge on any atom is -0.388 e. The van der Waals surface area contributed by atoms with E-state index < -0.39 is 30.7 Å². The van der Waals surface area contributed by atoms with Gasteiger partial charge in [-0.3, -0.25) is 0 Å². The molecule has 1 saturated heterocycles. The molecule has 0 aliphatic carbocycles. The van der Waals surface area contributed by atoms with Gasteiger partial charge in [0, 0.05) is 0 Å². The highest BCUT2D eigenvalue weighted by Gasteiger charge is 2.38. The molecule has 0 bridgehead atoms. The van der Waals surface area contributed by atoms with Crippen LogP contribution >= 0.6 is 0 Å². The fourth-order valence-electron chi connectivity index (χ4n) is 0.993. The van der Waals surface area contributed by atoms with E-state index in [-0.39, 0.29) is 6.61 Å². The zero-order chi connectivity index (χ0) is 9.30. The molecule has 1 rings (SSSR count). The van der Waals surface area contributed by atoms with E-state index in [4.69, 9.17) is 25.5 Å². The molecule has 0 spiro atoms. The number of ether oxygens (including phenoxy) is 1. The van der Waals surface area contributed by atoms with E-state index in [9.17, 15) is 0 Å². The number of aliphatic hydroxyl groups excluding tert-OH is 5. The van der Waals surface area contributed by atoms with Gasteiger partial charge in [-0.2, -0.15) is 0 Å². The van der Waals surface area contributed by atoms with Crippen molar-refractivity contribution in [3.05, 3.63) is 0 Å². The topological polar surface area (TPSA) is 110 Å². The molecule has 1 heterocycles. The maximum absolute atomic E-state index is 9.07. The van der Waals surface area contributed by atoms with Crippen molar-refractivity contribution in [3.8, 4) is 0 Å². The van der Waals surface area contributed by atoms with E-state index in [1.54, 1.807) is 0 Å². The lowest BCUT2D eigenvalue weighted by atomic mass is 10.0. The summed E-state index contributed by atoms with van der Waals surface area (Å²) >= 11 is 0. The largest absolute Gasteiger partial charge is 0.388 e. The third kappa shape index (κ3) is 1.74. The van der Waals surface area contributed by atoms with Crippen molar-refractivity contribution in [3.63, 3.8) is 0 Å². The molecule has 0 radical (unpaired) electrons. The Kier molecular flexibility index (Phi) is 2.99. The van der Waals surface area contributed by atoms with Gasteiger partial charge >= 0.3 is 0 Å². The van der Waals surface area contributed by atoms with E-state index in [2.05, 4.69) is 4.74 Å². The van der Waals surface area contributed by atoms with Gasteiger partial charge in [-0.1, -0.05) is 0 Å². The zero-order valence-electron chi connectivity index (χ0n) is 6.24. The molecule has 1 unspecified atom stereocenters. The molecule has 5 N–H and O–H groups in total. The zero-order valence-corrected chi connectivity index (χ0v) is 6.24. The maximum atomic E-state index is 9.07. The van der Waals surface area contributed by atoms with Gasteiger partial charge in [0.25, 0.3) is 0 Å². The summed E-state index contributed by atoms with van der Waals surface area (Å²) in [7, 11) is 0. The average Bonchev–Trinajstić information content (AvgIpc) is 2.14. The summed E-state index contributed by atoms with van der Waals surface area (Å²) in [5, 5.41) is 45.1. The van der Waals surface area contributed by atoms with Crippen molar-refractivity contribution in [2.24, 2.45) is 0 Å². The number of aliphatic hydroxyl groups is 5. The van der Waals surface area contributed by atoms with E-state index >= 15 is 0 Å². The minimum absolute atomic E-state index is 0.323. The standard InChI is InChI=1S/C6H12O6/c7-2-1-12-6(11)5(10)4(9)3(2)8/h2-11H,1H2/t2-,3-,4+,5+,6?/m0/s1. The molecule has 72 valence electrons. The van der Waals surface area contributed by atoms with Crippen LogP contribution < -0.4 is 0 Å². The molecule has 1 aliphatic heterocycles. The molecule has 0 aromatic rings. The first-order chi connectivity index (χ1) is 5.54. The van der Waals surface area contributed by atoms with Gasteiger partial charge in [0.1, 0.15) is 24.4 Å². The lowest BCUT2D eigenvalue weighted by Gasteiger charge is -2.22. The summed E-state index contributed by atoms with van der Waals surface area (Å²) in [4.78, 5) is 0. The van der Waals surface area contributed by atoms with Crippen molar-refractivity contribution >= 4 is 0 Å². The Balaban J connectivity index is 2.68. The monoisotopic (exact) mass is 180 g/mol. The van der Waals surface area contributed by atoms with Crippen LogP contribution in [-0.4, -0.2) is 62.8 Å². The lowest BCUT2D eigenvalue weighted by Crippen LogP contribution is -2.46. The second kappa shape index (κ2) is 3.65. The van der Waals surface area contributed by atoms with Crippen LogP contribution in [0.1, 0.15) is 0 Å². The molecule has 0 aromatic carbocycles. The fourth-order valence-corrected chi connectivity index (χ4v) is 0.993. The lowest BCUT2D eigenvalue weighted by molar-refractivity contribution is -0.181. The van der Waals surface area contributed by atoms with Gasteiger partial charge in [0.05, 0.1) is 6.61 Å². The van der Waals surface area contributed by atoms with Crippen LogP contribution in [0, 0.1) is 0 Å². The van der Waals surface area contributed by atoms with Gasteiger partial charge in [0.2, 0.25) is 0 Å². The fraction of sp³-hybridized carbons (Fsp3) is 1.00. The van der Waals surface area contributed by atoms with Crippen LogP contribution in [0.2, 0.25) is 0 Å². The van der Waals surface area contributed by atoms with Crippen LogP contribution in [-0.2, 0) is 4.74 Å². The van der Waals surface area contributed by atoms with Crippen molar-refractivity contribution in [1.82, 2.24) is 0 Å². The summed E-state index contributed by atoms with van der Waals surface area (Å²) in [6.07, 6.45) is -7.58. The second-order valence-corrected chi connectivity index (χ2v) is 2.76. The SMILES string of the molecule is OC1OC[C@H](O)[C@H](O)[C@@H](O)[C@H]1O. The van der Waals surface area contributed by atoms with Crippen LogP contribution in [0.15, 0.2) is 0 Å². The Bertz CT molecular complexity index is 135. The van der Waals surface area contributed by atoms with Crippen LogP contribution in [0.25, 0.3) is 0 Å². The summed E-state index contributed by atoms with van der Waals surface area (Å²) in [6, 6.07) is 0. The number of rotatable bonds is 0. The van der Waals surface area contributed by atoms with Crippen LogP contribution in [0.5, 0.6) is 0 Å². The smallest absolute Gasteiger partial charge is 0.183 e. The Morgan fingerprint density at radius 1 is 0.833 bits per heavy atom. The highest BCUT2D eigenvalue weighted by atomic mass is 16.6. The molecular formula is C6H12O6.